The molecule has 0 fully saturated rings. The van der Waals surface area contributed by atoms with Crippen LogP contribution in [0.1, 0.15) is 5.56 Å². The van der Waals surface area contributed by atoms with Crippen LogP contribution in [0.25, 0.3) is 17.2 Å². The van der Waals surface area contributed by atoms with E-state index in [1.165, 1.54) is 7.05 Å². The first-order valence-corrected chi connectivity index (χ1v) is 6.24. The first-order chi connectivity index (χ1) is 9.74. The highest BCUT2D eigenvalue weighted by Gasteiger charge is 2.05. The first-order valence-electron chi connectivity index (χ1n) is 6.24. The van der Waals surface area contributed by atoms with Crippen LogP contribution in [-0.2, 0) is 4.79 Å². The molecule has 2 aromatic rings. The Morgan fingerprint density at radius 3 is 2.20 bits per heavy atom. The van der Waals surface area contributed by atoms with E-state index in [9.17, 15) is 4.79 Å². The van der Waals surface area contributed by atoms with Gasteiger partial charge in [-0.2, -0.15) is 5.26 Å². The van der Waals surface area contributed by atoms with Crippen molar-refractivity contribution in [2.45, 2.75) is 0 Å². The second-order valence-electron chi connectivity index (χ2n) is 4.24. The maximum atomic E-state index is 11.4. The minimum Gasteiger partial charge on any atom is -0.354 e. The summed E-state index contributed by atoms with van der Waals surface area (Å²) < 4.78 is 0. The fourth-order valence-corrected chi connectivity index (χ4v) is 1.85. The van der Waals surface area contributed by atoms with Crippen LogP contribution in [0, 0.1) is 11.3 Å². The smallest absolute Gasteiger partial charge is 0.261 e. The Morgan fingerprint density at radius 2 is 1.65 bits per heavy atom. The summed E-state index contributed by atoms with van der Waals surface area (Å²) in [6.07, 6.45) is 1.58. The average molecular weight is 262 g/mol. The number of rotatable bonds is 3. The number of hydrogen-bond acceptors (Lipinski definition) is 2. The van der Waals surface area contributed by atoms with Crippen LogP contribution in [0.3, 0.4) is 0 Å². The van der Waals surface area contributed by atoms with Crippen molar-refractivity contribution in [1.82, 2.24) is 5.32 Å². The predicted molar refractivity (Wildman–Crippen MR) is 79.5 cm³/mol. The van der Waals surface area contributed by atoms with E-state index in [0.29, 0.717) is 0 Å². The fourth-order valence-electron chi connectivity index (χ4n) is 1.85. The molecular formula is C17H14N2O. The lowest BCUT2D eigenvalue weighted by atomic mass is 10.0. The summed E-state index contributed by atoms with van der Waals surface area (Å²) in [6, 6.07) is 19.7. The molecule has 0 spiro atoms. The van der Waals surface area contributed by atoms with Crippen LogP contribution in [0.4, 0.5) is 0 Å². The molecule has 0 heterocycles. The van der Waals surface area contributed by atoms with Gasteiger partial charge in [-0.25, -0.2) is 0 Å². The summed E-state index contributed by atoms with van der Waals surface area (Å²) in [5.41, 5.74) is 3.15. The summed E-state index contributed by atoms with van der Waals surface area (Å²) in [4.78, 5) is 11.4. The van der Waals surface area contributed by atoms with Gasteiger partial charge in [0.15, 0.2) is 0 Å². The second kappa shape index (κ2) is 6.35. The SMILES string of the molecule is CNC(=O)C(C#N)=Cc1ccc(-c2ccccc2)cc1. The van der Waals surface area contributed by atoms with Crippen LogP contribution < -0.4 is 5.32 Å². The van der Waals surface area contributed by atoms with E-state index in [2.05, 4.69) is 5.32 Å². The lowest BCUT2D eigenvalue weighted by molar-refractivity contribution is -0.116. The number of nitrogens with zero attached hydrogens (tertiary/aromatic N) is 1. The normalized spacial score (nSPS) is 10.7. The summed E-state index contributed by atoms with van der Waals surface area (Å²) in [6.45, 7) is 0. The van der Waals surface area contributed by atoms with Crippen molar-refractivity contribution < 1.29 is 4.79 Å². The number of benzene rings is 2. The molecule has 0 aliphatic heterocycles. The van der Waals surface area contributed by atoms with E-state index in [1.54, 1.807) is 6.08 Å². The quantitative estimate of drug-likeness (QED) is 0.683. The molecule has 0 atom stereocenters. The van der Waals surface area contributed by atoms with Crippen LogP contribution in [0.5, 0.6) is 0 Å². The van der Waals surface area contributed by atoms with E-state index < -0.39 is 0 Å². The van der Waals surface area contributed by atoms with Crippen molar-refractivity contribution in [2.75, 3.05) is 7.05 Å². The number of nitrogens with one attached hydrogen (secondary N) is 1. The topological polar surface area (TPSA) is 52.9 Å². The molecule has 3 heteroatoms. The molecule has 0 unspecified atom stereocenters. The maximum Gasteiger partial charge on any atom is 0.261 e. The third-order valence-corrected chi connectivity index (χ3v) is 2.92. The molecule has 3 nitrogen and oxygen atoms in total. The minimum atomic E-state index is -0.375. The number of amides is 1. The molecule has 2 aromatic carbocycles. The Kier molecular flexibility index (Phi) is 4.31. The van der Waals surface area contributed by atoms with Gasteiger partial charge in [-0.05, 0) is 22.8 Å². The van der Waals surface area contributed by atoms with Crippen molar-refractivity contribution in [3.8, 4) is 17.2 Å². The van der Waals surface area contributed by atoms with Gasteiger partial charge < -0.3 is 5.32 Å². The lowest BCUT2D eigenvalue weighted by Gasteiger charge is -2.02. The molecule has 0 aromatic heterocycles. The fraction of sp³-hybridized carbons (Fsp3) is 0.0588. The Labute approximate surface area is 118 Å². The van der Waals surface area contributed by atoms with Gasteiger partial charge in [0.1, 0.15) is 11.6 Å². The first kappa shape index (κ1) is 13.6. The second-order valence-corrected chi connectivity index (χ2v) is 4.24. The molecule has 98 valence electrons. The number of carbonyl (C=O) groups excluding carboxylic acids is 1. The van der Waals surface area contributed by atoms with E-state index in [-0.39, 0.29) is 11.5 Å². The average Bonchev–Trinajstić information content (AvgIpc) is 2.53. The number of likely N-dealkylation sites (N-methyl/N-ethyl adjacent to an activating group) is 1. The Balaban J connectivity index is 2.27. The summed E-state index contributed by atoms with van der Waals surface area (Å²) in [5, 5.41) is 11.4. The van der Waals surface area contributed by atoms with E-state index in [4.69, 9.17) is 5.26 Å². The van der Waals surface area contributed by atoms with Crippen molar-refractivity contribution in [2.24, 2.45) is 0 Å². The number of nitriles is 1. The predicted octanol–water partition coefficient (Wildman–Crippen LogP) is 3.01. The standard InChI is InChI=1S/C17H14N2O/c1-19-17(20)16(12-18)11-13-7-9-15(10-8-13)14-5-3-2-4-6-14/h2-11H,1H3,(H,19,20). The van der Waals surface area contributed by atoms with Crippen molar-refractivity contribution >= 4 is 12.0 Å². The maximum absolute atomic E-state index is 11.4. The monoisotopic (exact) mass is 262 g/mol. The highest BCUT2D eigenvalue weighted by molar-refractivity contribution is 6.01. The highest BCUT2D eigenvalue weighted by atomic mass is 16.1. The molecule has 0 bridgehead atoms. The van der Waals surface area contributed by atoms with Crippen LogP contribution >= 0.6 is 0 Å². The molecular weight excluding hydrogens is 248 g/mol. The molecule has 1 amide bonds. The molecule has 0 aliphatic carbocycles. The Morgan fingerprint density at radius 1 is 1.05 bits per heavy atom. The molecule has 20 heavy (non-hydrogen) atoms. The van der Waals surface area contributed by atoms with Crippen LogP contribution in [0.15, 0.2) is 60.2 Å². The van der Waals surface area contributed by atoms with E-state index in [1.807, 2.05) is 60.7 Å². The van der Waals surface area contributed by atoms with Gasteiger partial charge in [-0.15, -0.1) is 0 Å². The van der Waals surface area contributed by atoms with Gasteiger partial charge in [0, 0.05) is 7.05 Å². The third-order valence-electron chi connectivity index (χ3n) is 2.92. The van der Waals surface area contributed by atoms with Gasteiger partial charge in [0.2, 0.25) is 0 Å². The molecule has 0 aliphatic rings. The zero-order valence-electron chi connectivity index (χ0n) is 11.1. The van der Waals surface area contributed by atoms with Crippen molar-refractivity contribution in [3.05, 3.63) is 65.7 Å². The lowest BCUT2D eigenvalue weighted by Crippen LogP contribution is -2.19. The molecule has 0 saturated carbocycles. The zero-order valence-corrected chi connectivity index (χ0v) is 11.1. The van der Waals surface area contributed by atoms with Crippen molar-refractivity contribution in [1.29, 1.82) is 5.26 Å². The van der Waals surface area contributed by atoms with Gasteiger partial charge >= 0.3 is 0 Å². The van der Waals surface area contributed by atoms with E-state index in [0.717, 1.165) is 16.7 Å². The molecule has 1 N–H and O–H groups in total. The van der Waals surface area contributed by atoms with Gasteiger partial charge in [-0.1, -0.05) is 54.6 Å². The summed E-state index contributed by atoms with van der Waals surface area (Å²) >= 11 is 0. The van der Waals surface area contributed by atoms with Crippen LogP contribution in [-0.4, -0.2) is 13.0 Å². The third kappa shape index (κ3) is 3.12. The largest absolute Gasteiger partial charge is 0.354 e. The van der Waals surface area contributed by atoms with Gasteiger partial charge in [0.25, 0.3) is 5.91 Å². The van der Waals surface area contributed by atoms with Gasteiger partial charge in [-0.3, -0.25) is 4.79 Å². The number of carbonyl (C=O) groups is 1. The molecule has 0 radical (unpaired) electrons. The summed E-state index contributed by atoms with van der Waals surface area (Å²) in [7, 11) is 1.51. The van der Waals surface area contributed by atoms with Gasteiger partial charge in [0.05, 0.1) is 0 Å². The van der Waals surface area contributed by atoms with Crippen molar-refractivity contribution in [3.63, 3.8) is 0 Å². The molecule has 2 rings (SSSR count). The number of hydrogen-bond donors (Lipinski definition) is 1. The Hall–Kier alpha value is -2.86. The van der Waals surface area contributed by atoms with E-state index >= 15 is 0 Å². The Bertz CT molecular complexity index is 664. The summed E-state index contributed by atoms with van der Waals surface area (Å²) in [5.74, 6) is -0.375. The zero-order chi connectivity index (χ0) is 14.4. The molecule has 0 saturated heterocycles. The van der Waals surface area contributed by atoms with Crippen LogP contribution in [0.2, 0.25) is 0 Å². The minimum absolute atomic E-state index is 0.0972. The highest BCUT2D eigenvalue weighted by Crippen LogP contribution is 2.20.